The van der Waals surface area contributed by atoms with E-state index in [1.54, 1.807) is 0 Å². The molecule has 1 fully saturated rings. The molecule has 0 aliphatic carbocycles. The number of aliphatic hydroxyl groups is 1. The first-order valence-corrected chi connectivity index (χ1v) is 7.36. The summed E-state index contributed by atoms with van der Waals surface area (Å²) in [6.45, 7) is 5.17. The van der Waals surface area contributed by atoms with E-state index in [-0.39, 0.29) is 6.10 Å². The Hall–Kier alpha value is -0.880. The van der Waals surface area contributed by atoms with E-state index in [2.05, 4.69) is 28.9 Å². The summed E-state index contributed by atoms with van der Waals surface area (Å²) in [5, 5.41) is 13.1. The maximum Gasteiger partial charge on any atom is 0.0897 e. The molecule has 1 saturated heterocycles. The van der Waals surface area contributed by atoms with Gasteiger partial charge in [0.25, 0.3) is 0 Å². The number of aryl methyl sites for hydroxylation is 1. The molecule has 1 aliphatic heterocycles. The fraction of sp³-hybridized carbons (Fsp3) is 0.733. The Labute approximate surface area is 120 Å². The van der Waals surface area contributed by atoms with Gasteiger partial charge < -0.3 is 24.5 Å². The summed E-state index contributed by atoms with van der Waals surface area (Å²) in [6, 6.07) is 4.20. The van der Waals surface area contributed by atoms with Crippen LogP contribution in [0.2, 0.25) is 0 Å². The van der Waals surface area contributed by atoms with Crippen LogP contribution in [0.25, 0.3) is 0 Å². The quantitative estimate of drug-likeness (QED) is 0.746. The second-order valence-corrected chi connectivity index (χ2v) is 5.48. The van der Waals surface area contributed by atoms with Crippen LogP contribution in [0.4, 0.5) is 0 Å². The molecule has 0 saturated carbocycles. The molecule has 114 valence electrons. The Kier molecular flexibility index (Phi) is 6.04. The Morgan fingerprint density at radius 1 is 1.55 bits per heavy atom. The van der Waals surface area contributed by atoms with Crippen molar-refractivity contribution >= 4 is 0 Å². The largest absolute Gasteiger partial charge is 0.389 e. The second kappa shape index (κ2) is 7.78. The first-order chi connectivity index (χ1) is 9.66. The van der Waals surface area contributed by atoms with E-state index in [9.17, 15) is 5.11 Å². The molecule has 5 nitrogen and oxygen atoms in total. The van der Waals surface area contributed by atoms with Crippen LogP contribution < -0.4 is 5.32 Å². The topological polar surface area (TPSA) is 55.6 Å². The van der Waals surface area contributed by atoms with Crippen LogP contribution in [0.3, 0.4) is 0 Å². The van der Waals surface area contributed by atoms with Gasteiger partial charge in [0.15, 0.2) is 0 Å². The van der Waals surface area contributed by atoms with Gasteiger partial charge in [0.1, 0.15) is 0 Å². The van der Waals surface area contributed by atoms with Gasteiger partial charge in [-0.05, 0) is 31.9 Å². The van der Waals surface area contributed by atoms with Crippen LogP contribution in [0.5, 0.6) is 0 Å². The van der Waals surface area contributed by atoms with Gasteiger partial charge in [0.05, 0.1) is 25.4 Å². The number of hydrogen-bond donors (Lipinski definition) is 2. The second-order valence-electron chi connectivity index (χ2n) is 5.48. The van der Waals surface area contributed by atoms with Crippen molar-refractivity contribution in [1.29, 1.82) is 0 Å². The predicted molar refractivity (Wildman–Crippen MR) is 77.7 cm³/mol. The Morgan fingerprint density at radius 2 is 2.40 bits per heavy atom. The summed E-state index contributed by atoms with van der Waals surface area (Å²) in [5.74, 6) is 0. The van der Waals surface area contributed by atoms with Crippen molar-refractivity contribution in [3.05, 3.63) is 23.5 Å². The van der Waals surface area contributed by atoms with Gasteiger partial charge in [0, 0.05) is 38.1 Å². The molecule has 2 atom stereocenters. The van der Waals surface area contributed by atoms with Gasteiger partial charge >= 0.3 is 0 Å². The van der Waals surface area contributed by atoms with E-state index < -0.39 is 6.10 Å². The summed E-state index contributed by atoms with van der Waals surface area (Å²) in [6.07, 6.45) is 1.94. The number of rotatable bonds is 8. The normalized spacial score (nSPS) is 20.4. The molecule has 1 aromatic rings. The van der Waals surface area contributed by atoms with Crippen LogP contribution in [-0.2, 0) is 23.1 Å². The van der Waals surface area contributed by atoms with E-state index in [0.29, 0.717) is 19.8 Å². The molecular weight excluding hydrogens is 256 g/mol. The lowest BCUT2D eigenvalue weighted by Gasteiger charge is -2.15. The predicted octanol–water partition coefficient (Wildman–Crippen LogP) is 0.980. The zero-order valence-corrected chi connectivity index (χ0v) is 12.5. The van der Waals surface area contributed by atoms with Gasteiger partial charge in [-0.3, -0.25) is 0 Å². The molecular formula is C15H26N2O3. The zero-order chi connectivity index (χ0) is 14.4. The van der Waals surface area contributed by atoms with Gasteiger partial charge in [0.2, 0.25) is 0 Å². The molecule has 2 rings (SSSR count). The standard InChI is InChI=1S/C15H26N2O3/c1-12-5-6-13(17(12)2)8-16-9-14(18)10-19-11-15-4-3-7-20-15/h5-6,14-16,18H,3-4,7-11H2,1-2H3. The molecule has 0 bridgehead atoms. The lowest BCUT2D eigenvalue weighted by molar-refractivity contribution is -0.0165. The van der Waals surface area contributed by atoms with E-state index in [0.717, 1.165) is 26.0 Å². The highest BCUT2D eigenvalue weighted by Gasteiger charge is 2.16. The number of ether oxygens (including phenoxy) is 2. The summed E-state index contributed by atoms with van der Waals surface area (Å²) in [5.41, 5.74) is 2.46. The first kappa shape index (κ1) is 15.5. The maximum atomic E-state index is 9.84. The van der Waals surface area contributed by atoms with E-state index in [1.807, 2.05) is 7.05 Å². The lowest BCUT2D eigenvalue weighted by atomic mass is 10.2. The van der Waals surface area contributed by atoms with E-state index >= 15 is 0 Å². The highest BCUT2D eigenvalue weighted by Crippen LogP contribution is 2.11. The Balaban J connectivity index is 1.55. The summed E-state index contributed by atoms with van der Waals surface area (Å²) in [4.78, 5) is 0. The molecule has 5 heteroatoms. The van der Waals surface area contributed by atoms with E-state index in [4.69, 9.17) is 9.47 Å². The van der Waals surface area contributed by atoms with Gasteiger partial charge in [-0.1, -0.05) is 0 Å². The molecule has 20 heavy (non-hydrogen) atoms. The summed E-state index contributed by atoms with van der Waals surface area (Å²) >= 11 is 0. The lowest BCUT2D eigenvalue weighted by Crippen LogP contribution is -2.31. The van der Waals surface area contributed by atoms with Crippen molar-refractivity contribution in [2.45, 2.75) is 38.5 Å². The van der Waals surface area contributed by atoms with Crippen LogP contribution in [0.1, 0.15) is 24.2 Å². The van der Waals surface area contributed by atoms with Gasteiger partial charge in [-0.2, -0.15) is 0 Å². The van der Waals surface area contributed by atoms with Crippen LogP contribution in [0, 0.1) is 6.92 Å². The third kappa shape index (κ3) is 4.59. The van der Waals surface area contributed by atoms with Crippen molar-refractivity contribution in [2.75, 3.05) is 26.4 Å². The molecule has 2 unspecified atom stereocenters. The Bertz CT molecular complexity index is 400. The molecule has 1 aromatic heterocycles. The number of aromatic nitrogens is 1. The smallest absolute Gasteiger partial charge is 0.0897 e. The van der Waals surface area contributed by atoms with Gasteiger partial charge in [-0.15, -0.1) is 0 Å². The third-order valence-electron chi connectivity index (χ3n) is 3.80. The molecule has 2 heterocycles. The summed E-state index contributed by atoms with van der Waals surface area (Å²) < 4.78 is 13.1. The van der Waals surface area contributed by atoms with Crippen LogP contribution >= 0.6 is 0 Å². The highest BCUT2D eigenvalue weighted by atomic mass is 16.5. The molecule has 0 aromatic carbocycles. The SMILES string of the molecule is Cc1ccc(CNCC(O)COCC2CCCO2)n1C. The fourth-order valence-corrected chi connectivity index (χ4v) is 2.38. The third-order valence-corrected chi connectivity index (χ3v) is 3.80. The molecule has 1 aliphatic rings. The molecule has 0 spiro atoms. The van der Waals surface area contributed by atoms with Crippen molar-refractivity contribution in [3.63, 3.8) is 0 Å². The number of aliphatic hydroxyl groups excluding tert-OH is 1. The fourth-order valence-electron chi connectivity index (χ4n) is 2.38. The minimum Gasteiger partial charge on any atom is -0.389 e. The van der Waals surface area contributed by atoms with Crippen LogP contribution in [0.15, 0.2) is 12.1 Å². The van der Waals surface area contributed by atoms with Crippen molar-refractivity contribution in [2.24, 2.45) is 7.05 Å². The molecule has 2 N–H and O–H groups in total. The summed E-state index contributed by atoms with van der Waals surface area (Å²) in [7, 11) is 2.05. The molecule has 0 radical (unpaired) electrons. The average molecular weight is 282 g/mol. The minimum absolute atomic E-state index is 0.224. The minimum atomic E-state index is -0.474. The van der Waals surface area contributed by atoms with Gasteiger partial charge in [-0.25, -0.2) is 0 Å². The van der Waals surface area contributed by atoms with Crippen molar-refractivity contribution in [1.82, 2.24) is 9.88 Å². The van der Waals surface area contributed by atoms with Crippen molar-refractivity contribution in [3.8, 4) is 0 Å². The maximum absolute atomic E-state index is 9.84. The highest BCUT2D eigenvalue weighted by molar-refractivity contribution is 5.14. The number of hydrogen-bond acceptors (Lipinski definition) is 4. The number of nitrogens with one attached hydrogen (secondary N) is 1. The zero-order valence-electron chi connectivity index (χ0n) is 12.5. The van der Waals surface area contributed by atoms with E-state index in [1.165, 1.54) is 11.4 Å². The van der Waals surface area contributed by atoms with Crippen LogP contribution in [-0.4, -0.2) is 48.2 Å². The molecule has 0 amide bonds. The Morgan fingerprint density at radius 3 is 3.05 bits per heavy atom. The first-order valence-electron chi connectivity index (χ1n) is 7.36. The number of nitrogens with zero attached hydrogens (tertiary/aromatic N) is 1. The average Bonchev–Trinajstić information content (AvgIpc) is 3.04. The monoisotopic (exact) mass is 282 g/mol. The van der Waals surface area contributed by atoms with Crippen molar-refractivity contribution < 1.29 is 14.6 Å².